The zero-order valence-corrected chi connectivity index (χ0v) is 32.5. The molecule has 264 valence electrons. The molecule has 4 atom stereocenters. The molecule has 1 saturated heterocycles. The van der Waals surface area contributed by atoms with E-state index >= 15 is 0 Å². The molecule has 3 rings (SSSR count). The van der Waals surface area contributed by atoms with Crippen LogP contribution in [0.15, 0.2) is 39.0 Å². The van der Waals surface area contributed by atoms with Crippen molar-refractivity contribution in [3.63, 3.8) is 0 Å². The molecule has 47 heavy (non-hydrogen) atoms. The molecule has 1 aromatic heterocycles. The Balaban J connectivity index is 2.36. The Labute approximate surface area is 278 Å². The molecule has 1 fully saturated rings. The minimum absolute atomic E-state index is 0.0487. The fourth-order valence-electron chi connectivity index (χ4n) is 4.69. The third-order valence-corrected chi connectivity index (χ3v) is 19.6. The predicted molar refractivity (Wildman–Crippen MR) is 182 cm³/mol. The maximum absolute atomic E-state index is 13.6. The van der Waals surface area contributed by atoms with Gasteiger partial charge < -0.3 is 18.9 Å². The number of imide groups is 1. The van der Waals surface area contributed by atoms with E-state index in [-0.39, 0.29) is 28.5 Å². The number of amides is 3. The van der Waals surface area contributed by atoms with Gasteiger partial charge in [-0.05, 0) is 50.1 Å². The Bertz CT molecular complexity index is 1720. The van der Waals surface area contributed by atoms with Crippen molar-refractivity contribution in [3.8, 4) is 0 Å². The highest BCUT2D eigenvalue weighted by molar-refractivity contribution is 7.90. The van der Waals surface area contributed by atoms with Crippen molar-refractivity contribution in [1.82, 2.24) is 19.8 Å². The van der Waals surface area contributed by atoms with Crippen LogP contribution in [-0.4, -0.2) is 70.5 Å². The Hall–Kier alpha value is -2.68. The first kappa shape index (κ1) is 38.8. The Morgan fingerprint density at radius 1 is 1.06 bits per heavy atom. The molecule has 2 aliphatic rings. The van der Waals surface area contributed by atoms with Crippen LogP contribution in [-0.2, 0) is 39.7 Å². The van der Waals surface area contributed by atoms with E-state index in [0.29, 0.717) is 0 Å². The molecule has 1 aromatic rings. The van der Waals surface area contributed by atoms with Gasteiger partial charge in [0.05, 0.1) is 17.7 Å². The van der Waals surface area contributed by atoms with Crippen molar-refractivity contribution in [2.75, 3.05) is 6.61 Å². The maximum atomic E-state index is 13.6. The first-order chi connectivity index (χ1) is 21.1. The SMILES string of the molecule is C=C(C)C(=O)NC(=O)NC1=CS(=O)(=O)OC12[C@@H](CO[Si](C)(C)C(C)(C)C)O[C@@H](n1cc(C)c(=O)n(C)c1=O)[C@@H]2O[Si](C)(C)C(C)(C)C. The number of ether oxygens (including phenoxy) is 1. The van der Waals surface area contributed by atoms with Gasteiger partial charge in [-0.1, -0.05) is 48.1 Å². The monoisotopic (exact) mass is 714 g/mol. The molecule has 17 heteroatoms. The van der Waals surface area contributed by atoms with Crippen LogP contribution in [0.1, 0.15) is 60.3 Å². The van der Waals surface area contributed by atoms with Crippen LogP contribution in [0, 0.1) is 6.92 Å². The molecule has 2 aliphatic heterocycles. The predicted octanol–water partition coefficient (Wildman–Crippen LogP) is 3.51. The van der Waals surface area contributed by atoms with Crippen LogP contribution in [0.3, 0.4) is 0 Å². The summed E-state index contributed by atoms with van der Waals surface area (Å²) in [5, 5.41) is 4.70. The van der Waals surface area contributed by atoms with Gasteiger partial charge in [-0.3, -0.25) is 24.0 Å². The average Bonchev–Trinajstić information content (AvgIpc) is 3.33. The molecule has 1 unspecified atom stereocenters. The lowest BCUT2D eigenvalue weighted by Crippen LogP contribution is -2.60. The lowest BCUT2D eigenvalue weighted by molar-refractivity contribution is -0.116. The van der Waals surface area contributed by atoms with E-state index in [0.717, 1.165) is 9.98 Å². The van der Waals surface area contributed by atoms with Crippen LogP contribution in [0.4, 0.5) is 4.79 Å². The summed E-state index contributed by atoms with van der Waals surface area (Å²) in [6.45, 7) is 26.2. The van der Waals surface area contributed by atoms with Gasteiger partial charge in [0.2, 0.25) is 0 Å². The molecule has 14 nitrogen and oxygen atoms in total. The number of rotatable bonds is 8. The lowest BCUT2D eigenvalue weighted by Gasteiger charge is -2.44. The van der Waals surface area contributed by atoms with Gasteiger partial charge in [-0.25, -0.2) is 13.8 Å². The second-order valence-electron chi connectivity index (χ2n) is 15.3. The molecule has 0 radical (unpaired) electrons. The van der Waals surface area contributed by atoms with E-state index in [9.17, 15) is 27.6 Å². The second-order valence-corrected chi connectivity index (χ2v) is 26.3. The van der Waals surface area contributed by atoms with Crippen molar-refractivity contribution in [3.05, 3.63) is 55.9 Å². The third kappa shape index (κ3) is 7.50. The van der Waals surface area contributed by atoms with Gasteiger partial charge in [-0.15, -0.1) is 0 Å². The summed E-state index contributed by atoms with van der Waals surface area (Å²) in [5.41, 5.74) is -3.34. The van der Waals surface area contributed by atoms with E-state index in [4.69, 9.17) is 17.8 Å². The van der Waals surface area contributed by atoms with E-state index in [2.05, 4.69) is 17.2 Å². The molecule has 0 aromatic carbocycles. The smallest absolute Gasteiger partial charge is 0.332 e. The highest BCUT2D eigenvalue weighted by Crippen LogP contribution is 2.52. The Morgan fingerprint density at radius 2 is 1.62 bits per heavy atom. The minimum atomic E-state index is -4.49. The van der Waals surface area contributed by atoms with E-state index in [1.165, 1.54) is 31.7 Å². The number of nitrogens with one attached hydrogen (secondary N) is 2. The van der Waals surface area contributed by atoms with Crippen LogP contribution in [0.25, 0.3) is 0 Å². The zero-order valence-electron chi connectivity index (χ0n) is 29.7. The van der Waals surface area contributed by atoms with E-state index in [1.807, 2.05) is 67.7 Å². The number of nitrogens with zero attached hydrogens (tertiary/aromatic N) is 2. The number of carbonyl (C=O) groups excluding carboxylic acids is 2. The average molecular weight is 715 g/mol. The Morgan fingerprint density at radius 3 is 2.13 bits per heavy atom. The van der Waals surface area contributed by atoms with Gasteiger partial charge in [0.1, 0.15) is 12.2 Å². The van der Waals surface area contributed by atoms with Crippen molar-refractivity contribution in [2.45, 2.75) is 116 Å². The van der Waals surface area contributed by atoms with E-state index < -0.39 is 79.0 Å². The number of aryl methyl sites for hydroxylation is 1. The number of urea groups is 1. The quantitative estimate of drug-likeness (QED) is 0.231. The van der Waals surface area contributed by atoms with Crippen molar-refractivity contribution in [2.24, 2.45) is 7.05 Å². The number of hydrogen-bond donors (Lipinski definition) is 2. The molecule has 0 bridgehead atoms. The molecule has 3 amide bonds. The number of aromatic nitrogens is 2. The number of hydrogen-bond acceptors (Lipinski definition) is 10. The molecule has 0 saturated carbocycles. The highest BCUT2D eigenvalue weighted by Gasteiger charge is 2.68. The molecule has 2 N–H and O–H groups in total. The molecular formula is C30H50N4O10SSi2. The van der Waals surface area contributed by atoms with Gasteiger partial charge in [0, 0.05) is 24.4 Å². The fourth-order valence-corrected chi connectivity index (χ4v) is 8.23. The van der Waals surface area contributed by atoms with Crippen molar-refractivity contribution < 1.29 is 35.8 Å². The molecule has 0 aliphatic carbocycles. The summed E-state index contributed by atoms with van der Waals surface area (Å²) in [7, 11) is -8.53. The van der Waals surface area contributed by atoms with Gasteiger partial charge in [0.15, 0.2) is 28.5 Å². The van der Waals surface area contributed by atoms with Crippen LogP contribution >= 0.6 is 0 Å². The van der Waals surface area contributed by atoms with Crippen molar-refractivity contribution >= 4 is 38.7 Å². The third-order valence-electron chi connectivity index (χ3n) is 9.65. The molecule has 3 heterocycles. The van der Waals surface area contributed by atoms with Crippen LogP contribution in [0.5, 0.6) is 0 Å². The Kier molecular flexibility index (Phi) is 10.4. The van der Waals surface area contributed by atoms with Gasteiger partial charge in [0.25, 0.3) is 21.6 Å². The summed E-state index contributed by atoms with van der Waals surface area (Å²) < 4.78 is 54.9. The fraction of sp³-hybridized carbons (Fsp3) is 0.667. The van der Waals surface area contributed by atoms with Gasteiger partial charge >= 0.3 is 11.7 Å². The summed E-state index contributed by atoms with van der Waals surface area (Å²) in [6.07, 6.45) is -2.64. The minimum Gasteiger partial charge on any atom is -0.414 e. The van der Waals surface area contributed by atoms with Gasteiger partial charge in [-0.2, -0.15) is 8.42 Å². The summed E-state index contributed by atoms with van der Waals surface area (Å²) in [6, 6.07) is -1.04. The topological polar surface area (TPSA) is 173 Å². The maximum Gasteiger partial charge on any atom is 0.332 e. The zero-order chi connectivity index (χ0) is 36.3. The van der Waals surface area contributed by atoms with E-state index in [1.54, 1.807) is 0 Å². The standard InChI is InChI=1S/C30H50N4O10SSi2/c1-18(2)23(35)32-26(37)31-20-17-45(39,40)44-30(20)21(16-41-46(11,12)28(4,5)6)42-25(22(30)43-47(13,14)29(7,8)9)34-15-19(3)24(36)33(10)27(34)38/h15,17,21-22,25H,1,16H2,2-14H3,(H2,31,32,35,37)/t21-,22+,25-,30?/m1/s1. The summed E-state index contributed by atoms with van der Waals surface area (Å²) >= 11 is 0. The first-order valence-electron chi connectivity index (χ1n) is 15.3. The van der Waals surface area contributed by atoms with Crippen LogP contribution < -0.4 is 21.9 Å². The highest BCUT2D eigenvalue weighted by atomic mass is 32.2. The van der Waals surface area contributed by atoms with Crippen molar-refractivity contribution in [1.29, 1.82) is 0 Å². The lowest BCUT2D eigenvalue weighted by atomic mass is 9.89. The summed E-state index contributed by atoms with van der Waals surface area (Å²) in [4.78, 5) is 51.8. The normalized spacial score (nSPS) is 24.7. The first-order valence-corrected chi connectivity index (χ1v) is 22.6. The molecule has 1 spiro atoms. The number of carbonyl (C=O) groups is 2. The largest absolute Gasteiger partial charge is 0.414 e. The summed E-state index contributed by atoms with van der Waals surface area (Å²) in [5.74, 6) is -0.779. The second kappa shape index (κ2) is 12.7. The molecular weight excluding hydrogens is 665 g/mol. The van der Waals surface area contributed by atoms with Crippen LogP contribution in [0.2, 0.25) is 36.3 Å².